The van der Waals surface area contributed by atoms with Gasteiger partial charge >= 0.3 is 5.97 Å². The number of fused-ring (bicyclic) bond motifs is 4. The van der Waals surface area contributed by atoms with E-state index in [0.717, 1.165) is 12.1 Å². The van der Waals surface area contributed by atoms with Crippen molar-refractivity contribution in [2.75, 3.05) is 0 Å². The molecule has 0 unspecified atom stereocenters. The van der Waals surface area contributed by atoms with Crippen LogP contribution in [0.2, 0.25) is 0 Å². The Morgan fingerprint density at radius 1 is 0.615 bits per heavy atom. The van der Waals surface area contributed by atoms with Crippen LogP contribution in [0.3, 0.4) is 0 Å². The van der Waals surface area contributed by atoms with Crippen molar-refractivity contribution in [2.45, 2.75) is 18.8 Å². The highest BCUT2D eigenvalue weighted by Crippen LogP contribution is 2.56. The minimum atomic E-state index is -1.36. The van der Waals surface area contributed by atoms with Crippen LogP contribution in [0.5, 0.6) is 28.7 Å². The van der Waals surface area contributed by atoms with Gasteiger partial charge in [0, 0.05) is 17.9 Å². The second-order valence-electron chi connectivity index (χ2n) is 9.80. The Labute approximate surface area is 220 Å². The number of rotatable bonds is 2. The Balaban J connectivity index is 1.80. The van der Waals surface area contributed by atoms with Crippen LogP contribution in [0, 0.1) is 6.92 Å². The molecule has 4 aromatic rings. The number of ketones is 2. The molecule has 9 heteroatoms. The summed E-state index contributed by atoms with van der Waals surface area (Å²) in [5.41, 5.74) is 0.513. The summed E-state index contributed by atoms with van der Waals surface area (Å²) in [4.78, 5) is 39.1. The van der Waals surface area contributed by atoms with Gasteiger partial charge in [-0.15, -0.1) is 0 Å². The molecule has 0 spiro atoms. The molecule has 6 N–H and O–H groups in total. The van der Waals surface area contributed by atoms with Gasteiger partial charge in [0.25, 0.3) is 0 Å². The van der Waals surface area contributed by atoms with E-state index in [0.29, 0.717) is 11.1 Å². The van der Waals surface area contributed by atoms with Crippen molar-refractivity contribution in [3.8, 4) is 28.7 Å². The number of hydrogen-bond donors (Lipinski definition) is 6. The van der Waals surface area contributed by atoms with Crippen molar-refractivity contribution >= 4 is 17.5 Å². The van der Waals surface area contributed by atoms with Gasteiger partial charge in [0.2, 0.25) is 11.6 Å². The van der Waals surface area contributed by atoms with Crippen LogP contribution in [-0.4, -0.2) is 48.2 Å². The molecule has 2 aliphatic carbocycles. The second kappa shape index (κ2) is 8.09. The third-order valence-electron chi connectivity index (χ3n) is 7.48. The van der Waals surface area contributed by atoms with Crippen LogP contribution in [0.4, 0.5) is 0 Å². The van der Waals surface area contributed by atoms with Crippen molar-refractivity contribution in [3.63, 3.8) is 0 Å². The maximum Gasteiger partial charge on any atom is 0.335 e. The summed E-state index contributed by atoms with van der Waals surface area (Å²) in [5, 5.41) is 63.4. The molecule has 0 saturated carbocycles. The van der Waals surface area contributed by atoms with E-state index >= 15 is 0 Å². The summed E-state index contributed by atoms with van der Waals surface area (Å²) in [6.45, 7) is 1.70. The molecule has 0 aromatic heterocycles. The minimum absolute atomic E-state index is 0.0992. The smallest absolute Gasteiger partial charge is 0.335 e. The Bertz CT molecular complexity index is 1740. The van der Waals surface area contributed by atoms with Crippen LogP contribution in [-0.2, 0) is 0 Å². The van der Waals surface area contributed by atoms with E-state index in [1.807, 2.05) is 0 Å². The van der Waals surface area contributed by atoms with E-state index in [1.54, 1.807) is 19.1 Å². The number of phenolic OH excluding ortho intramolecular Hbond substituents is 5. The molecule has 0 heterocycles. The van der Waals surface area contributed by atoms with Crippen molar-refractivity contribution in [1.29, 1.82) is 0 Å². The Morgan fingerprint density at radius 2 is 1.13 bits per heavy atom. The minimum Gasteiger partial charge on any atom is -0.508 e. The van der Waals surface area contributed by atoms with Crippen molar-refractivity contribution in [1.82, 2.24) is 0 Å². The van der Waals surface area contributed by atoms with Gasteiger partial charge in [-0.1, -0.05) is 18.2 Å². The van der Waals surface area contributed by atoms with Crippen LogP contribution in [0.1, 0.15) is 81.9 Å². The largest absolute Gasteiger partial charge is 0.508 e. The fourth-order valence-electron chi connectivity index (χ4n) is 6.05. The summed E-state index contributed by atoms with van der Waals surface area (Å²) in [5.74, 6) is -6.94. The van der Waals surface area contributed by atoms with Gasteiger partial charge in [-0.25, -0.2) is 4.79 Å². The lowest BCUT2D eigenvalue weighted by Crippen LogP contribution is -2.30. The van der Waals surface area contributed by atoms with Gasteiger partial charge in [0.05, 0.1) is 27.8 Å². The predicted molar refractivity (Wildman–Crippen MR) is 136 cm³/mol. The number of aromatic carboxylic acids is 1. The summed E-state index contributed by atoms with van der Waals surface area (Å²) in [6, 6.07) is 11.9. The first-order valence-corrected chi connectivity index (χ1v) is 11.9. The topological polar surface area (TPSA) is 173 Å². The fraction of sp³-hybridized carbons (Fsp3) is 0.100. The van der Waals surface area contributed by atoms with Gasteiger partial charge in [-0.2, -0.15) is 0 Å². The molecule has 4 aromatic carbocycles. The highest BCUT2D eigenvalue weighted by molar-refractivity contribution is 6.18. The number of benzene rings is 4. The Hall–Kier alpha value is -5.31. The van der Waals surface area contributed by atoms with Crippen molar-refractivity contribution in [3.05, 3.63) is 110 Å². The van der Waals surface area contributed by atoms with E-state index in [1.165, 1.54) is 30.3 Å². The third kappa shape index (κ3) is 3.29. The van der Waals surface area contributed by atoms with Gasteiger partial charge in [0.15, 0.2) is 0 Å². The second-order valence-corrected chi connectivity index (χ2v) is 9.80. The summed E-state index contributed by atoms with van der Waals surface area (Å²) in [7, 11) is 0. The maximum absolute atomic E-state index is 13.6. The van der Waals surface area contributed by atoms with Gasteiger partial charge in [-0.3, -0.25) is 9.59 Å². The number of carboxylic acid groups (broad SMARTS) is 1. The molecule has 9 nitrogen and oxygen atoms in total. The zero-order valence-electron chi connectivity index (χ0n) is 20.3. The molecule has 194 valence electrons. The number of aromatic hydroxyl groups is 5. The average molecular weight is 524 g/mol. The average Bonchev–Trinajstić information content (AvgIpc) is 2.84. The van der Waals surface area contributed by atoms with Crippen LogP contribution >= 0.6 is 0 Å². The number of carbonyl (C=O) groups is 3. The van der Waals surface area contributed by atoms with Crippen LogP contribution in [0.15, 0.2) is 54.6 Å². The quantitative estimate of drug-likeness (QED) is 0.224. The molecule has 6 rings (SSSR count). The SMILES string of the molecule is Cc1cc(O)c2c(c1)[C@H]([C@@H]1c3cccc(O)c3C(=O)c3c(O)cc(C(=O)O)cc31)c1cc(O)cc(O)c1C2=O. The van der Waals surface area contributed by atoms with Gasteiger partial charge in [0.1, 0.15) is 28.7 Å². The molecule has 2 aliphatic rings. The number of hydrogen-bond acceptors (Lipinski definition) is 8. The van der Waals surface area contributed by atoms with E-state index in [2.05, 4.69) is 0 Å². The summed E-state index contributed by atoms with van der Waals surface area (Å²) in [6.07, 6.45) is 0. The van der Waals surface area contributed by atoms with Gasteiger partial charge in [-0.05, 0) is 65.1 Å². The number of carbonyl (C=O) groups excluding carboxylic acids is 2. The lowest BCUT2D eigenvalue weighted by atomic mass is 9.63. The highest BCUT2D eigenvalue weighted by Gasteiger charge is 2.46. The van der Waals surface area contributed by atoms with Crippen LogP contribution in [0.25, 0.3) is 0 Å². The summed E-state index contributed by atoms with van der Waals surface area (Å²) < 4.78 is 0. The van der Waals surface area contributed by atoms with E-state index < -0.39 is 40.9 Å². The third-order valence-corrected chi connectivity index (χ3v) is 7.48. The first kappa shape index (κ1) is 24.1. The number of aryl methyl sites for hydroxylation is 1. The van der Waals surface area contributed by atoms with E-state index in [-0.39, 0.29) is 61.8 Å². The predicted octanol–water partition coefficient (Wildman–Crippen LogP) is 4.27. The van der Waals surface area contributed by atoms with Crippen molar-refractivity contribution < 1.29 is 45.0 Å². The zero-order chi connectivity index (χ0) is 27.9. The molecular weight excluding hydrogens is 504 g/mol. The molecule has 2 atom stereocenters. The summed E-state index contributed by atoms with van der Waals surface area (Å²) >= 11 is 0. The Morgan fingerprint density at radius 3 is 1.77 bits per heavy atom. The van der Waals surface area contributed by atoms with Gasteiger partial charge < -0.3 is 30.6 Å². The van der Waals surface area contributed by atoms with Crippen molar-refractivity contribution in [2.24, 2.45) is 0 Å². The molecule has 0 radical (unpaired) electrons. The lowest BCUT2D eigenvalue weighted by Gasteiger charge is -2.38. The molecule has 0 aliphatic heterocycles. The number of carboxylic acids is 1. The van der Waals surface area contributed by atoms with E-state index in [9.17, 15) is 45.0 Å². The molecule has 0 bridgehead atoms. The highest BCUT2D eigenvalue weighted by atomic mass is 16.4. The molecule has 0 saturated heterocycles. The van der Waals surface area contributed by atoms with E-state index in [4.69, 9.17) is 0 Å². The first-order chi connectivity index (χ1) is 18.5. The number of phenols is 5. The lowest BCUT2D eigenvalue weighted by molar-refractivity contribution is 0.0695. The monoisotopic (exact) mass is 524 g/mol. The molecule has 0 amide bonds. The standard InChI is InChI=1S/C30H20O9/c1-11-5-15-23(17-9-13(31)10-21(35)27(17)29(37)25(15)19(33)6-11)22-14-3-2-4-18(32)24(14)28(36)26-16(22)7-12(30(38)39)8-20(26)34/h2-10,22-23,31-35H,1H3,(H,38,39)/t22-,23+/m1/s1. The normalized spacial score (nSPS) is 17.2. The fourth-order valence-corrected chi connectivity index (χ4v) is 6.05. The molecular formula is C30H20O9. The zero-order valence-corrected chi connectivity index (χ0v) is 20.3. The maximum atomic E-state index is 13.6. The Kier molecular flexibility index (Phi) is 4.99. The molecule has 0 fully saturated rings. The first-order valence-electron chi connectivity index (χ1n) is 11.9. The van der Waals surface area contributed by atoms with Crippen LogP contribution < -0.4 is 0 Å². The molecule has 39 heavy (non-hydrogen) atoms.